The zero-order valence-electron chi connectivity index (χ0n) is 26.7. The molecular weight excluding hydrogens is 641 g/mol. The molecule has 4 amide bonds. The molecule has 0 saturated heterocycles. The van der Waals surface area contributed by atoms with Gasteiger partial charge in [0.1, 0.15) is 0 Å². The fourth-order valence-corrected chi connectivity index (χ4v) is 8.62. The SMILES string of the molecule is CCCCCCCCCCCCN1C(=O)c2ccc3c4ccc5c6c(ccc(c7ccc(c2c37)C1=O)c64)C(=O)N(c1nnc(S)s1)C5=O. The normalized spacial score (nSPS) is 14.6. The van der Waals surface area contributed by atoms with Gasteiger partial charge in [0.2, 0.25) is 5.13 Å². The first-order valence-electron chi connectivity index (χ1n) is 16.9. The van der Waals surface area contributed by atoms with Crippen molar-refractivity contribution in [2.45, 2.75) is 75.5 Å². The Bertz CT molecular complexity index is 2190. The van der Waals surface area contributed by atoms with Gasteiger partial charge in [-0.2, -0.15) is 0 Å². The number of carbonyl (C=O) groups is 4. The van der Waals surface area contributed by atoms with Crippen molar-refractivity contribution in [3.8, 4) is 0 Å². The van der Waals surface area contributed by atoms with Crippen molar-refractivity contribution in [1.29, 1.82) is 0 Å². The van der Waals surface area contributed by atoms with Gasteiger partial charge in [0.05, 0.1) is 0 Å². The fourth-order valence-electron chi connectivity index (χ4n) is 7.75. The summed E-state index contributed by atoms with van der Waals surface area (Å²) in [5.74, 6) is -1.42. The average molecular weight is 675 g/mol. The maximum absolute atomic E-state index is 13.8. The van der Waals surface area contributed by atoms with Gasteiger partial charge >= 0.3 is 0 Å². The van der Waals surface area contributed by atoms with Gasteiger partial charge in [-0.3, -0.25) is 24.1 Å². The van der Waals surface area contributed by atoms with Gasteiger partial charge in [-0.1, -0.05) is 100 Å². The molecule has 0 unspecified atom stereocenters. The van der Waals surface area contributed by atoms with Gasteiger partial charge in [-0.05, 0) is 63.0 Å². The van der Waals surface area contributed by atoms with Crippen LogP contribution < -0.4 is 4.90 Å². The predicted molar refractivity (Wildman–Crippen MR) is 193 cm³/mol. The van der Waals surface area contributed by atoms with Crippen molar-refractivity contribution >= 4 is 95.8 Å². The fraction of sp³-hybridized carbons (Fsp3) is 0.316. The van der Waals surface area contributed by atoms with E-state index in [0.717, 1.165) is 67.8 Å². The van der Waals surface area contributed by atoms with Crippen molar-refractivity contribution in [2.24, 2.45) is 0 Å². The molecule has 6 aromatic rings. The van der Waals surface area contributed by atoms with Crippen LogP contribution in [0.5, 0.6) is 0 Å². The number of anilines is 1. The molecule has 8 nitrogen and oxygen atoms in total. The Labute approximate surface area is 286 Å². The minimum Gasteiger partial charge on any atom is -0.274 e. The van der Waals surface area contributed by atoms with Crippen LogP contribution in [-0.2, 0) is 0 Å². The van der Waals surface area contributed by atoms with E-state index >= 15 is 0 Å². The van der Waals surface area contributed by atoms with E-state index in [1.54, 1.807) is 12.1 Å². The third kappa shape index (κ3) is 4.71. The zero-order chi connectivity index (χ0) is 33.1. The molecule has 0 atom stereocenters. The van der Waals surface area contributed by atoms with E-state index in [0.29, 0.717) is 43.9 Å². The van der Waals surface area contributed by atoms with Crippen LogP contribution in [0.4, 0.5) is 5.13 Å². The second kappa shape index (κ2) is 12.2. The molecule has 0 aliphatic carbocycles. The first-order chi connectivity index (χ1) is 23.4. The van der Waals surface area contributed by atoms with E-state index < -0.39 is 11.8 Å². The monoisotopic (exact) mass is 674 g/mol. The molecule has 0 saturated carbocycles. The van der Waals surface area contributed by atoms with E-state index in [9.17, 15) is 19.2 Å². The maximum atomic E-state index is 13.8. The van der Waals surface area contributed by atoms with Crippen molar-refractivity contribution in [3.63, 3.8) is 0 Å². The summed E-state index contributed by atoms with van der Waals surface area (Å²) in [4.78, 5) is 57.7. The second-order valence-electron chi connectivity index (χ2n) is 12.9. The number of fused-ring (bicyclic) bond motifs is 2. The Balaban J connectivity index is 1.13. The molecule has 242 valence electrons. The summed E-state index contributed by atoms with van der Waals surface area (Å²) in [6.07, 6.45) is 11.8. The quantitative estimate of drug-likeness (QED) is 0.0347. The predicted octanol–water partition coefficient (Wildman–Crippen LogP) is 9.19. The highest BCUT2D eigenvalue weighted by Crippen LogP contribution is 2.46. The minimum atomic E-state index is -0.463. The molecule has 2 aliphatic heterocycles. The van der Waals surface area contributed by atoms with E-state index in [1.807, 2.05) is 36.4 Å². The topological polar surface area (TPSA) is 101 Å². The standard InChI is InChI=1S/C38H34N4O4S2/c1-2-3-4-5-6-7-8-9-10-11-20-41-33(43)25-16-12-21-23-14-18-27-32-28(36(46)42(35(27)45)37-39-40-38(47)48-37)19-15-24(30(23)32)22-13-17-26(34(41)44)31(25)29(21)22/h12-19H,2-11,20H2,1H3,(H,40,47). The molecule has 5 aromatic carbocycles. The van der Waals surface area contributed by atoms with Gasteiger partial charge in [-0.25, -0.2) is 4.90 Å². The molecule has 10 heteroatoms. The van der Waals surface area contributed by atoms with Crippen LogP contribution in [0.15, 0.2) is 52.9 Å². The summed E-state index contributed by atoms with van der Waals surface area (Å²) in [6, 6.07) is 14.8. The molecular formula is C38H34N4O4S2. The van der Waals surface area contributed by atoms with Gasteiger partial charge < -0.3 is 0 Å². The lowest BCUT2D eigenvalue weighted by Gasteiger charge is -2.29. The lowest BCUT2D eigenvalue weighted by molar-refractivity contribution is 0.0607. The minimum absolute atomic E-state index is 0.176. The van der Waals surface area contributed by atoms with Crippen molar-refractivity contribution in [2.75, 3.05) is 11.4 Å². The number of unbranched alkanes of at least 4 members (excludes halogenated alkanes) is 9. The summed E-state index contributed by atoms with van der Waals surface area (Å²) in [6.45, 7) is 2.65. The smallest absolute Gasteiger partial charge is 0.267 e. The Morgan fingerprint density at radius 2 is 0.958 bits per heavy atom. The van der Waals surface area contributed by atoms with Gasteiger partial charge in [0.15, 0.2) is 4.34 Å². The zero-order valence-corrected chi connectivity index (χ0v) is 28.4. The Hall–Kier alpha value is -4.41. The number of thiol groups is 1. The number of hydrogen-bond acceptors (Lipinski definition) is 8. The summed E-state index contributed by atoms with van der Waals surface area (Å²) >= 11 is 5.28. The highest BCUT2D eigenvalue weighted by Gasteiger charge is 2.38. The number of imide groups is 2. The van der Waals surface area contributed by atoms with Crippen LogP contribution in [0.25, 0.3) is 43.1 Å². The summed E-state index contributed by atoms with van der Waals surface area (Å²) < 4.78 is 0.358. The second-order valence-corrected chi connectivity index (χ2v) is 14.6. The number of rotatable bonds is 12. The third-order valence-corrected chi connectivity index (χ3v) is 11.1. The molecule has 1 aromatic heterocycles. The molecule has 0 bridgehead atoms. The molecule has 2 aliphatic rings. The number of amides is 4. The summed E-state index contributed by atoms with van der Waals surface area (Å²) in [7, 11) is 0. The van der Waals surface area contributed by atoms with Gasteiger partial charge in [0.25, 0.3) is 23.6 Å². The lowest BCUT2D eigenvalue weighted by atomic mass is 9.82. The highest BCUT2D eigenvalue weighted by atomic mass is 32.2. The summed E-state index contributed by atoms with van der Waals surface area (Å²) in [5.41, 5.74) is 1.88. The first-order valence-corrected chi connectivity index (χ1v) is 18.1. The number of benzene rings is 5. The average Bonchev–Trinajstić information content (AvgIpc) is 3.52. The largest absolute Gasteiger partial charge is 0.274 e. The maximum Gasteiger partial charge on any atom is 0.267 e. The van der Waals surface area contributed by atoms with E-state index in [-0.39, 0.29) is 16.9 Å². The Kier molecular flexibility index (Phi) is 7.88. The van der Waals surface area contributed by atoms with E-state index in [2.05, 4.69) is 29.7 Å². The van der Waals surface area contributed by atoms with Gasteiger partial charge in [-0.15, -0.1) is 22.8 Å². The molecule has 3 heterocycles. The Morgan fingerprint density at radius 3 is 1.38 bits per heavy atom. The molecule has 0 spiro atoms. The van der Waals surface area contributed by atoms with Crippen LogP contribution in [0.3, 0.4) is 0 Å². The highest BCUT2D eigenvalue weighted by molar-refractivity contribution is 7.82. The summed E-state index contributed by atoms with van der Waals surface area (Å²) in [5, 5.41) is 14.5. The number of aromatic nitrogens is 2. The number of hydrogen-bond donors (Lipinski definition) is 1. The van der Waals surface area contributed by atoms with Crippen LogP contribution in [0, 0.1) is 0 Å². The van der Waals surface area contributed by atoms with Crippen molar-refractivity contribution < 1.29 is 19.2 Å². The van der Waals surface area contributed by atoms with Crippen LogP contribution in [-0.4, -0.2) is 45.3 Å². The van der Waals surface area contributed by atoms with Crippen LogP contribution >= 0.6 is 24.0 Å². The third-order valence-electron chi connectivity index (χ3n) is 10.1. The number of carbonyl (C=O) groups excluding carboxylic acids is 4. The van der Waals surface area contributed by atoms with E-state index in [4.69, 9.17) is 0 Å². The lowest BCUT2D eigenvalue weighted by Crippen LogP contribution is -2.41. The molecule has 0 radical (unpaired) electrons. The van der Waals surface area contributed by atoms with Crippen molar-refractivity contribution in [3.05, 3.63) is 70.8 Å². The molecule has 0 N–H and O–H groups in total. The molecule has 8 rings (SSSR count). The molecule has 48 heavy (non-hydrogen) atoms. The van der Waals surface area contributed by atoms with Crippen molar-refractivity contribution in [1.82, 2.24) is 15.1 Å². The van der Waals surface area contributed by atoms with Gasteiger partial charge in [0, 0.05) is 39.6 Å². The van der Waals surface area contributed by atoms with E-state index in [1.165, 1.54) is 49.8 Å². The van der Waals surface area contributed by atoms with Crippen LogP contribution in [0.2, 0.25) is 0 Å². The first kappa shape index (κ1) is 30.9. The number of nitrogens with zero attached hydrogens (tertiary/aromatic N) is 4. The molecule has 0 fully saturated rings. The van der Waals surface area contributed by atoms with Crippen LogP contribution in [0.1, 0.15) is 113 Å². The Morgan fingerprint density at radius 1 is 0.542 bits per heavy atom.